The van der Waals surface area contributed by atoms with Crippen molar-refractivity contribution in [2.75, 3.05) is 19.6 Å². The molecule has 4 rings (SSSR count). The van der Waals surface area contributed by atoms with E-state index in [4.69, 9.17) is 14.5 Å². The number of nitrogens with zero attached hydrogens (tertiary/aromatic N) is 4. The molecule has 0 unspecified atom stereocenters. The number of benzene rings is 2. The minimum absolute atomic E-state index is 0.0404. The van der Waals surface area contributed by atoms with Crippen LogP contribution in [0.2, 0.25) is 0 Å². The van der Waals surface area contributed by atoms with Crippen molar-refractivity contribution in [3.63, 3.8) is 0 Å². The van der Waals surface area contributed by atoms with Gasteiger partial charge in [-0.2, -0.15) is 0 Å². The lowest BCUT2D eigenvalue weighted by molar-refractivity contribution is -0.160. The Morgan fingerprint density at radius 3 is 2.37 bits per heavy atom. The summed E-state index contributed by atoms with van der Waals surface area (Å²) in [5.74, 6) is -3.23. The molecule has 264 valence electrons. The first kappa shape index (κ1) is 37.2. The highest BCUT2D eigenvalue weighted by Crippen LogP contribution is 2.42. The molecule has 1 aliphatic heterocycles. The fourth-order valence-electron chi connectivity index (χ4n) is 5.95. The van der Waals surface area contributed by atoms with Gasteiger partial charge < -0.3 is 23.8 Å². The van der Waals surface area contributed by atoms with Gasteiger partial charge in [-0.15, -0.1) is 6.58 Å². The second-order valence-electron chi connectivity index (χ2n) is 14.1. The smallest absolute Gasteiger partial charge is 0.410 e. The number of carbonyl (C=O) groups is 3. The molecule has 0 aliphatic carbocycles. The Hall–Kier alpha value is -4.61. The SMILES string of the molecule is C=CC(C)(C)[C@H](c1nc(-c2cc(F)ccc2F)cn1Cc1ccccc1)N(C[C@@H]1CN(C(=O)OC(C)(C)C)C[C@@H]1F)C(=O)[C@H](C)OC(C)=O. The van der Waals surface area contributed by atoms with Crippen LogP contribution >= 0.6 is 0 Å². The lowest BCUT2D eigenvalue weighted by Gasteiger charge is -2.42. The predicted octanol–water partition coefficient (Wildman–Crippen LogP) is 7.12. The van der Waals surface area contributed by atoms with E-state index in [-0.39, 0.29) is 43.3 Å². The molecule has 1 fully saturated rings. The van der Waals surface area contributed by atoms with Gasteiger partial charge in [-0.1, -0.05) is 50.3 Å². The van der Waals surface area contributed by atoms with Crippen LogP contribution < -0.4 is 0 Å². The van der Waals surface area contributed by atoms with Crippen molar-refractivity contribution in [3.8, 4) is 11.3 Å². The molecule has 2 heterocycles. The van der Waals surface area contributed by atoms with Crippen LogP contribution in [-0.2, 0) is 25.6 Å². The second kappa shape index (κ2) is 14.9. The van der Waals surface area contributed by atoms with E-state index < -0.39 is 64.9 Å². The number of aromatic nitrogens is 2. The minimum atomic E-state index is -1.51. The predicted molar refractivity (Wildman–Crippen MR) is 179 cm³/mol. The zero-order valence-corrected chi connectivity index (χ0v) is 29.1. The van der Waals surface area contributed by atoms with Gasteiger partial charge in [0.05, 0.1) is 18.3 Å². The first-order valence-corrected chi connectivity index (χ1v) is 16.2. The average molecular weight is 683 g/mol. The summed E-state index contributed by atoms with van der Waals surface area (Å²) in [6, 6.07) is 11.5. The van der Waals surface area contributed by atoms with E-state index in [0.29, 0.717) is 0 Å². The van der Waals surface area contributed by atoms with E-state index in [9.17, 15) is 18.8 Å². The molecule has 2 aromatic carbocycles. The third-order valence-corrected chi connectivity index (χ3v) is 8.41. The fourth-order valence-corrected chi connectivity index (χ4v) is 5.95. The molecular weight excluding hydrogens is 637 g/mol. The van der Waals surface area contributed by atoms with Gasteiger partial charge in [-0.25, -0.2) is 22.9 Å². The van der Waals surface area contributed by atoms with Crippen LogP contribution in [0.15, 0.2) is 67.4 Å². The maximum absolute atomic E-state index is 15.8. The van der Waals surface area contributed by atoms with Crippen LogP contribution in [0.1, 0.15) is 65.9 Å². The highest BCUT2D eigenvalue weighted by molar-refractivity contribution is 5.83. The van der Waals surface area contributed by atoms with Crippen molar-refractivity contribution < 1.29 is 37.0 Å². The Morgan fingerprint density at radius 2 is 1.76 bits per heavy atom. The van der Waals surface area contributed by atoms with E-state index in [1.165, 1.54) is 23.6 Å². The van der Waals surface area contributed by atoms with Gasteiger partial charge in [0.15, 0.2) is 6.10 Å². The van der Waals surface area contributed by atoms with Crippen molar-refractivity contribution in [1.29, 1.82) is 0 Å². The Morgan fingerprint density at radius 1 is 1.08 bits per heavy atom. The lowest BCUT2D eigenvalue weighted by Crippen LogP contribution is -2.50. The van der Waals surface area contributed by atoms with Gasteiger partial charge in [-0.05, 0) is 51.5 Å². The first-order valence-electron chi connectivity index (χ1n) is 16.2. The summed E-state index contributed by atoms with van der Waals surface area (Å²) in [5.41, 5.74) is -0.855. The van der Waals surface area contributed by atoms with E-state index in [0.717, 1.165) is 23.8 Å². The van der Waals surface area contributed by atoms with Gasteiger partial charge in [0, 0.05) is 49.7 Å². The Bertz CT molecular complexity index is 1670. The molecule has 0 radical (unpaired) electrons. The minimum Gasteiger partial charge on any atom is -0.453 e. The molecule has 0 bridgehead atoms. The molecule has 1 aromatic heterocycles. The molecule has 2 amide bonds. The molecule has 4 atom stereocenters. The number of halogens is 3. The number of hydrogen-bond acceptors (Lipinski definition) is 6. The number of esters is 1. The third kappa shape index (κ3) is 9.10. The van der Waals surface area contributed by atoms with Crippen LogP contribution in [0.25, 0.3) is 11.3 Å². The first-order chi connectivity index (χ1) is 22.9. The summed E-state index contributed by atoms with van der Waals surface area (Å²) in [6.45, 7) is 15.2. The molecule has 0 spiro atoms. The summed E-state index contributed by atoms with van der Waals surface area (Å²) in [5, 5.41) is 0. The summed E-state index contributed by atoms with van der Waals surface area (Å²) in [4.78, 5) is 46.7. The molecule has 12 heteroatoms. The van der Waals surface area contributed by atoms with E-state index in [2.05, 4.69) is 6.58 Å². The fraction of sp³-hybridized carbons (Fsp3) is 0.459. The largest absolute Gasteiger partial charge is 0.453 e. The summed E-state index contributed by atoms with van der Waals surface area (Å²) in [7, 11) is 0. The highest BCUT2D eigenvalue weighted by Gasteiger charge is 2.45. The Labute approximate surface area is 285 Å². The third-order valence-electron chi connectivity index (χ3n) is 8.41. The number of imidazole rings is 1. The number of alkyl halides is 1. The topological polar surface area (TPSA) is 94.0 Å². The van der Waals surface area contributed by atoms with E-state index >= 15 is 8.78 Å². The maximum atomic E-state index is 15.8. The molecule has 9 nitrogen and oxygen atoms in total. The number of rotatable bonds is 11. The molecule has 3 aromatic rings. The van der Waals surface area contributed by atoms with Crippen molar-refractivity contribution in [2.45, 2.75) is 78.9 Å². The second-order valence-corrected chi connectivity index (χ2v) is 14.1. The molecule has 1 aliphatic rings. The maximum Gasteiger partial charge on any atom is 0.410 e. The number of hydrogen-bond donors (Lipinski definition) is 0. The zero-order valence-electron chi connectivity index (χ0n) is 29.1. The van der Waals surface area contributed by atoms with Crippen molar-refractivity contribution in [3.05, 3.63) is 90.4 Å². The van der Waals surface area contributed by atoms with Gasteiger partial charge in [-0.3, -0.25) is 9.59 Å². The standard InChI is InChI=1S/C37H45F3N4O5/c1-9-37(7,8)32(33-41-31(28-17-27(38)15-16-29(28)39)22-42(33)18-25-13-11-10-12-14-25)44(34(46)23(2)48-24(3)45)20-26-19-43(21-30(26)40)35(47)49-36(4,5)6/h9-17,22-23,26,30,32H,1,18-21H2,2-8H3/t23-,26-,30-,32-/m0/s1. The van der Waals surface area contributed by atoms with E-state index in [1.807, 2.05) is 44.2 Å². The molecular formula is C37H45F3N4O5. The highest BCUT2D eigenvalue weighted by atomic mass is 19.1. The molecule has 49 heavy (non-hydrogen) atoms. The average Bonchev–Trinajstić information content (AvgIpc) is 3.59. The Kier molecular flexibility index (Phi) is 11.3. The Balaban J connectivity index is 1.88. The number of likely N-dealkylation sites (tertiary alicyclic amines) is 1. The van der Waals surface area contributed by atoms with Crippen molar-refractivity contribution in [2.24, 2.45) is 11.3 Å². The van der Waals surface area contributed by atoms with Crippen LogP contribution in [0.3, 0.4) is 0 Å². The van der Waals surface area contributed by atoms with Crippen LogP contribution in [-0.4, -0.2) is 74.8 Å². The molecule has 1 saturated heterocycles. The van der Waals surface area contributed by atoms with Crippen molar-refractivity contribution in [1.82, 2.24) is 19.4 Å². The zero-order chi connectivity index (χ0) is 36.3. The lowest BCUT2D eigenvalue weighted by atomic mass is 9.82. The van der Waals surface area contributed by atoms with Gasteiger partial charge in [0.25, 0.3) is 5.91 Å². The summed E-state index contributed by atoms with van der Waals surface area (Å²) >= 11 is 0. The number of ether oxygens (including phenoxy) is 2. The van der Waals surface area contributed by atoms with Crippen molar-refractivity contribution >= 4 is 18.0 Å². The molecule has 0 saturated carbocycles. The van der Waals surface area contributed by atoms with Crippen LogP contribution in [0, 0.1) is 23.0 Å². The number of carbonyl (C=O) groups excluding carboxylic acids is 3. The molecule has 0 N–H and O–H groups in total. The quantitative estimate of drug-likeness (QED) is 0.158. The summed E-state index contributed by atoms with van der Waals surface area (Å²) < 4.78 is 57.8. The van der Waals surface area contributed by atoms with Crippen LogP contribution in [0.5, 0.6) is 0 Å². The van der Waals surface area contributed by atoms with Gasteiger partial charge >= 0.3 is 12.1 Å². The summed E-state index contributed by atoms with van der Waals surface area (Å²) in [6.07, 6.45) is -0.234. The normalized spacial score (nSPS) is 17.7. The monoisotopic (exact) mass is 682 g/mol. The van der Waals surface area contributed by atoms with E-state index in [1.54, 1.807) is 37.6 Å². The number of amides is 2. The van der Waals surface area contributed by atoms with Gasteiger partial charge in [0.1, 0.15) is 29.2 Å². The van der Waals surface area contributed by atoms with Gasteiger partial charge in [0.2, 0.25) is 0 Å². The van der Waals surface area contributed by atoms with Crippen LogP contribution in [0.4, 0.5) is 18.0 Å².